The normalized spacial score (nSPS) is 23.7. The lowest BCUT2D eigenvalue weighted by molar-refractivity contribution is 0.0940. The average Bonchev–Trinajstić information content (AvgIpc) is 2.38. The van der Waals surface area contributed by atoms with E-state index < -0.39 is 5.82 Å². The van der Waals surface area contributed by atoms with Gasteiger partial charge in [-0.2, -0.15) is 0 Å². The molecule has 1 aliphatic rings. The maximum absolute atomic E-state index is 13.4. The minimum Gasteiger partial charge on any atom is -0.352 e. The highest BCUT2D eigenvalue weighted by Gasteiger charge is 2.23. The molecule has 0 aromatic heterocycles. The molecule has 2 nitrogen and oxygen atoms in total. The van der Waals surface area contributed by atoms with E-state index in [4.69, 9.17) is 11.6 Å². The van der Waals surface area contributed by atoms with E-state index in [1.165, 1.54) is 12.1 Å². The summed E-state index contributed by atoms with van der Waals surface area (Å²) >= 11 is 6.22. The summed E-state index contributed by atoms with van der Waals surface area (Å²) in [7, 11) is 0. The molecule has 1 aliphatic carbocycles. The summed E-state index contributed by atoms with van der Waals surface area (Å²) in [5.41, 5.74) is 0.0967. The van der Waals surface area contributed by atoms with Crippen molar-refractivity contribution < 1.29 is 9.18 Å². The van der Waals surface area contributed by atoms with Crippen LogP contribution in [0, 0.1) is 11.7 Å². The molecule has 0 radical (unpaired) electrons. The number of nitrogens with one attached hydrogen (secondary N) is 1. The van der Waals surface area contributed by atoms with E-state index in [1.807, 2.05) is 0 Å². The molecule has 2 unspecified atom stereocenters. The van der Waals surface area contributed by atoms with Crippen LogP contribution >= 0.6 is 11.6 Å². The van der Waals surface area contributed by atoms with Crippen molar-refractivity contribution in [3.8, 4) is 0 Å². The molecule has 1 N–H and O–H groups in total. The molecule has 1 aromatic carbocycles. The molecule has 1 aromatic rings. The Bertz CT molecular complexity index is 424. The SMILES string of the molecule is O=C(NCC1CCCCC1Cl)c1ccccc1F. The highest BCUT2D eigenvalue weighted by molar-refractivity contribution is 6.20. The van der Waals surface area contributed by atoms with Crippen molar-refractivity contribution in [3.63, 3.8) is 0 Å². The van der Waals surface area contributed by atoms with Gasteiger partial charge in [-0.15, -0.1) is 11.6 Å². The number of amides is 1. The second-order valence-electron chi connectivity index (χ2n) is 4.75. The Labute approximate surface area is 112 Å². The van der Waals surface area contributed by atoms with Crippen LogP contribution in [0.25, 0.3) is 0 Å². The molecular formula is C14H17ClFNO. The highest BCUT2D eigenvalue weighted by atomic mass is 35.5. The number of carbonyl (C=O) groups excluding carboxylic acids is 1. The predicted molar refractivity (Wildman–Crippen MR) is 70.3 cm³/mol. The van der Waals surface area contributed by atoms with E-state index >= 15 is 0 Å². The molecule has 0 spiro atoms. The summed E-state index contributed by atoms with van der Waals surface area (Å²) in [6.45, 7) is 0.529. The van der Waals surface area contributed by atoms with Gasteiger partial charge in [0.2, 0.25) is 0 Å². The summed E-state index contributed by atoms with van der Waals surface area (Å²) in [5.74, 6) is -0.542. The molecule has 0 bridgehead atoms. The first-order chi connectivity index (χ1) is 8.68. The van der Waals surface area contributed by atoms with Gasteiger partial charge in [0.05, 0.1) is 5.56 Å². The van der Waals surface area contributed by atoms with Crippen LogP contribution in [0.5, 0.6) is 0 Å². The average molecular weight is 270 g/mol. The molecule has 0 heterocycles. The third kappa shape index (κ3) is 3.22. The number of alkyl halides is 1. The minimum absolute atomic E-state index is 0.0967. The second kappa shape index (κ2) is 6.19. The van der Waals surface area contributed by atoms with Gasteiger partial charge < -0.3 is 5.32 Å². The largest absolute Gasteiger partial charge is 0.352 e. The number of benzene rings is 1. The second-order valence-corrected chi connectivity index (χ2v) is 5.31. The Morgan fingerprint density at radius 3 is 2.78 bits per heavy atom. The van der Waals surface area contributed by atoms with Crippen molar-refractivity contribution in [2.24, 2.45) is 5.92 Å². The number of carbonyl (C=O) groups is 1. The van der Waals surface area contributed by atoms with Crippen molar-refractivity contribution in [2.75, 3.05) is 6.54 Å². The first-order valence-corrected chi connectivity index (χ1v) is 6.79. The summed E-state index contributed by atoms with van der Waals surface area (Å²) in [6, 6.07) is 6.01. The van der Waals surface area contributed by atoms with Crippen LogP contribution in [0.4, 0.5) is 4.39 Å². The number of hydrogen-bond donors (Lipinski definition) is 1. The fraction of sp³-hybridized carbons (Fsp3) is 0.500. The molecule has 1 fully saturated rings. The van der Waals surface area contributed by atoms with Crippen LogP contribution < -0.4 is 5.32 Å². The first kappa shape index (κ1) is 13.3. The molecule has 18 heavy (non-hydrogen) atoms. The molecule has 1 saturated carbocycles. The van der Waals surface area contributed by atoms with E-state index in [0.717, 1.165) is 25.7 Å². The lowest BCUT2D eigenvalue weighted by Crippen LogP contribution is -2.35. The van der Waals surface area contributed by atoms with Crippen LogP contribution in [0.2, 0.25) is 0 Å². The zero-order valence-corrected chi connectivity index (χ0v) is 10.9. The van der Waals surface area contributed by atoms with Crippen LogP contribution in [0.1, 0.15) is 36.0 Å². The van der Waals surface area contributed by atoms with Crippen LogP contribution in [-0.2, 0) is 0 Å². The summed E-state index contributed by atoms with van der Waals surface area (Å²) in [6.07, 6.45) is 4.35. The Kier molecular flexibility index (Phi) is 4.59. The van der Waals surface area contributed by atoms with Gasteiger partial charge in [0.25, 0.3) is 5.91 Å². The topological polar surface area (TPSA) is 29.1 Å². The standard InChI is InChI=1S/C14H17ClFNO/c15-12-7-3-1-5-10(12)9-17-14(18)11-6-2-4-8-13(11)16/h2,4,6,8,10,12H,1,3,5,7,9H2,(H,17,18). The molecule has 98 valence electrons. The number of rotatable bonds is 3. The number of hydrogen-bond acceptors (Lipinski definition) is 1. The lowest BCUT2D eigenvalue weighted by atomic mass is 9.88. The van der Waals surface area contributed by atoms with Crippen LogP contribution in [-0.4, -0.2) is 17.8 Å². The van der Waals surface area contributed by atoms with Gasteiger partial charge in [-0.05, 0) is 30.9 Å². The van der Waals surface area contributed by atoms with Gasteiger partial charge in [0, 0.05) is 11.9 Å². The quantitative estimate of drug-likeness (QED) is 0.838. The monoisotopic (exact) mass is 269 g/mol. The fourth-order valence-corrected chi connectivity index (χ4v) is 2.73. The Hall–Kier alpha value is -1.09. The zero-order chi connectivity index (χ0) is 13.0. The van der Waals surface area contributed by atoms with Crippen LogP contribution in [0.3, 0.4) is 0 Å². The summed E-state index contributed by atoms with van der Waals surface area (Å²) < 4.78 is 13.4. The molecule has 4 heteroatoms. The van der Waals surface area contributed by atoms with E-state index in [-0.39, 0.29) is 16.8 Å². The fourth-order valence-electron chi connectivity index (χ4n) is 2.36. The number of halogens is 2. The highest BCUT2D eigenvalue weighted by Crippen LogP contribution is 2.28. The van der Waals surface area contributed by atoms with E-state index in [2.05, 4.69) is 5.32 Å². The third-order valence-corrected chi connectivity index (χ3v) is 4.03. The Balaban J connectivity index is 1.90. The lowest BCUT2D eigenvalue weighted by Gasteiger charge is -2.27. The maximum atomic E-state index is 13.4. The van der Waals surface area contributed by atoms with E-state index in [9.17, 15) is 9.18 Å². The molecule has 0 saturated heterocycles. The van der Waals surface area contributed by atoms with Crippen molar-refractivity contribution in [2.45, 2.75) is 31.1 Å². The van der Waals surface area contributed by atoms with Gasteiger partial charge in [-0.25, -0.2) is 4.39 Å². The van der Waals surface area contributed by atoms with E-state index in [0.29, 0.717) is 12.5 Å². The summed E-state index contributed by atoms with van der Waals surface area (Å²) in [5, 5.41) is 2.90. The van der Waals surface area contributed by atoms with Gasteiger partial charge >= 0.3 is 0 Å². The van der Waals surface area contributed by atoms with Crippen molar-refractivity contribution in [1.29, 1.82) is 0 Å². The van der Waals surface area contributed by atoms with E-state index in [1.54, 1.807) is 12.1 Å². The van der Waals surface area contributed by atoms with Crippen molar-refractivity contribution >= 4 is 17.5 Å². The van der Waals surface area contributed by atoms with Crippen molar-refractivity contribution in [1.82, 2.24) is 5.32 Å². The third-order valence-electron chi connectivity index (χ3n) is 3.46. The minimum atomic E-state index is -0.485. The molecule has 0 aliphatic heterocycles. The first-order valence-electron chi connectivity index (χ1n) is 6.35. The molecule has 2 atom stereocenters. The van der Waals surface area contributed by atoms with Gasteiger partial charge in [-0.1, -0.05) is 25.0 Å². The summed E-state index contributed by atoms with van der Waals surface area (Å²) in [4.78, 5) is 11.8. The molecular weight excluding hydrogens is 253 g/mol. The maximum Gasteiger partial charge on any atom is 0.254 e. The van der Waals surface area contributed by atoms with Gasteiger partial charge in [0.1, 0.15) is 5.82 Å². The smallest absolute Gasteiger partial charge is 0.254 e. The van der Waals surface area contributed by atoms with Crippen LogP contribution in [0.15, 0.2) is 24.3 Å². The molecule has 1 amide bonds. The van der Waals surface area contributed by atoms with Gasteiger partial charge in [0.15, 0.2) is 0 Å². The van der Waals surface area contributed by atoms with Gasteiger partial charge in [-0.3, -0.25) is 4.79 Å². The zero-order valence-electron chi connectivity index (χ0n) is 10.2. The predicted octanol–water partition coefficient (Wildman–Crippen LogP) is 3.35. The Morgan fingerprint density at radius 1 is 1.33 bits per heavy atom. The van der Waals surface area contributed by atoms with Crippen molar-refractivity contribution in [3.05, 3.63) is 35.6 Å². The molecule has 2 rings (SSSR count). The Morgan fingerprint density at radius 2 is 2.06 bits per heavy atom.